The van der Waals surface area contributed by atoms with Crippen LogP contribution in [-0.4, -0.2) is 4.98 Å². The van der Waals surface area contributed by atoms with Gasteiger partial charge in [0.05, 0.1) is 5.69 Å². The summed E-state index contributed by atoms with van der Waals surface area (Å²) in [5.41, 5.74) is 2.90. The van der Waals surface area contributed by atoms with E-state index in [0.29, 0.717) is 5.92 Å². The second-order valence-electron chi connectivity index (χ2n) is 4.10. The third-order valence-corrected chi connectivity index (χ3v) is 2.52. The molecule has 1 heterocycles. The summed E-state index contributed by atoms with van der Waals surface area (Å²) in [5, 5.41) is 0. The summed E-state index contributed by atoms with van der Waals surface area (Å²) in [7, 11) is 0. The molecule has 0 atom stereocenters. The van der Waals surface area contributed by atoms with Crippen LogP contribution < -0.4 is 0 Å². The molecule has 2 heteroatoms. The van der Waals surface area contributed by atoms with E-state index in [1.54, 1.807) is 18.3 Å². The third-order valence-electron chi connectivity index (χ3n) is 2.52. The molecule has 1 aromatic heterocycles. The van der Waals surface area contributed by atoms with Gasteiger partial charge in [0.2, 0.25) is 0 Å². The van der Waals surface area contributed by atoms with Crippen molar-refractivity contribution < 1.29 is 4.39 Å². The zero-order valence-corrected chi connectivity index (χ0v) is 9.44. The van der Waals surface area contributed by atoms with Crippen molar-refractivity contribution >= 4 is 0 Å². The molecule has 0 radical (unpaired) electrons. The maximum absolute atomic E-state index is 13.2. The highest BCUT2D eigenvalue weighted by Gasteiger charge is 2.09. The van der Waals surface area contributed by atoms with E-state index in [4.69, 9.17) is 0 Å². The largest absolute Gasteiger partial charge is 0.260 e. The topological polar surface area (TPSA) is 12.9 Å². The van der Waals surface area contributed by atoms with Crippen molar-refractivity contribution in [1.82, 2.24) is 4.98 Å². The predicted octanol–water partition coefficient (Wildman–Crippen LogP) is 4.01. The van der Waals surface area contributed by atoms with E-state index in [9.17, 15) is 4.39 Å². The average Bonchev–Trinajstić information content (AvgIpc) is 2.29. The summed E-state index contributed by atoms with van der Waals surface area (Å²) in [6.45, 7) is 4.18. The maximum atomic E-state index is 13.2. The minimum atomic E-state index is -0.212. The smallest absolute Gasteiger partial charge is 0.123 e. The number of aromatic nitrogens is 1. The lowest BCUT2D eigenvalue weighted by Gasteiger charge is -2.11. The summed E-state index contributed by atoms with van der Waals surface area (Å²) in [5.74, 6) is 0.121. The van der Waals surface area contributed by atoms with Crippen molar-refractivity contribution in [2.75, 3.05) is 0 Å². The average molecular weight is 215 g/mol. The Morgan fingerprint density at radius 3 is 2.62 bits per heavy atom. The van der Waals surface area contributed by atoms with Gasteiger partial charge < -0.3 is 0 Å². The molecule has 0 spiro atoms. The van der Waals surface area contributed by atoms with Crippen molar-refractivity contribution in [2.24, 2.45) is 0 Å². The van der Waals surface area contributed by atoms with Gasteiger partial charge in [-0.1, -0.05) is 32.0 Å². The molecule has 1 nitrogen and oxygen atoms in total. The predicted molar refractivity (Wildman–Crippen MR) is 63.7 cm³/mol. The molecule has 0 unspecified atom stereocenters. The molecule has 0 fully saturated rings. The van der Waals surface area contributed by atoms with Gasteiger partial charge in [-0.3, -0.25) is 4.98 Å². The third kappa shape index (κ3) is 2.11. The molecule has 2 aromatic rings. The van der Waals surface area contributed by atoms with E-state index in [-0.39, 0.29) is 5.82 Å². The van der Waals surface area contributed by atoms with E-state index in [1.807, 2.05) is 18.2 Å². The van der Waals surface area contributed by atoms with Gasteiger partial charge in [-0.05, 0) is 29.7 Å². The van der Waals surface area contributed by atoms with E-state index >= 15 is 0 Å². The first-order valence-corrected chi connectivity index (χ1v) is 5.39. The Morgan fingerprint density at radius 2 is 1.94 bits per heavy atom. The van der Waals surface area contributed by atoms with Gasteiger partial charge >= 0.3 is 0 Å². The van der Waals surface area contributed by atoms with E-state index in [2.05, 4.69) is 18.8 Å². The zero-order valence-electron chi connectivity index (χ0n) is 9.44. The number of halogens is 1. The van der Waals surface area contributed by atoms with Crippen LogP contribution in [0.25, 0.3) is 11.1 Å². The quantitative estimate of drug-likeness (QED) is 0.737. The summed E-state index contributed by atoms with van der Waals surface area (Å²) >= 11 is 0. The standard InChI is InChI=1S/C14H14FN/c1-10(2)14-13(7-4-8-16-14)11-5-3-6-12(15)9-11/h3-10H,1-2H3. The lowest BCUT2D eigenvalue weighted by atomic mass is 9.98. The minimum Gasteiger partial charge on any atom is -0.260 e. The van der Waals surface area contributed by atoms with Crippen LogP contribution in [-0.2, 0) is 0 Å². The Kier molecular flexibility index (Phi) is 3.00. The number of pyridine rings is 1. The van der Waals surface area contributed by atoms with Gasteiger partial charge in [0.25, 0.3) is 0 Å². The number of hydrogen-bond acceptors (Lipinski definition) is 1. The first kappa shape index (κ1) is 10.8. The van der Waals surface area contributed by atoms with Crippen molar-refractivity contribution in [2.45, 2.75) is 19.8 Å². The maximum Gasteiger partial charge on any atom is 0.123 e. The summed E-state index contributed by atoms with van der Waals surface area (Å²) < 4.78 is 13.2. The van der Waals surface area contributed by atoms with E-state index < -0.39 is 0 Å². The van der Waals surface area contributed by atoms with Gasteiger partial charge in [0.15, 0.2) is 0 Å². The van der Waals surface area contributed by atoms with Gasteiger partial charge in [-0.15, -0.1) is 0 Å². The molecule has 0 aliphatic heterocycles. The molecule has 1 aromatic carbocycles. The fraction of sp³-hybridized carbons (Fsp3) is 0.214. The first-order valence-electron chi connectivity index (χ1n) is 5.39. The van der Waals surface area contributed by atoms with Crippen LogP contribution in [0.1, 0.15) is 25.5 Å². The molecule has 0 bridgehead atoms. The Morgan fingerprint density at radius 1 is 1.12 bits per heavy atom. The number of benzene rings is 1. The van der Waals surface area contributed by atoms with Crippen LogP contribution in [0.5, 0.6) is 0 Å². The zero-order chi connectivity index (χ0) is 11.5. The molecule has 82 valence electrons. The van der Waals surface area contributed by atoms with Crippen LogP contribution in [0, 0.1) is 5.82 Å². The first-order chi connectivity index (χ1) is 7.68. The van der Waals surface area contributed by atoms with Gasteiger partial charge in [0, 0.05) is 11.8 Å². The Bertz CT molecular complexity index is 492. The Hall–Kier alpha value is -1.70. The highest BCUT2D eigenvalue weighted by atomic mass is 19.1. The molecule has 2 rings (SSSR count). The van der Waals surface area contributed by atoms with Crippen molar-refractivity contribution in [3.63, 3.8) is 0 Å². The summed E-state index contributed by atoms with van der Waals surface area (Å²) in [6.07, 6.45) is 1.78. The second-order valence-corrected chi connectivity index (χ2v) is 4.10. The number of rotatable bonds is 2. The fourth-order valence-electron chi connectivity index (χ4n) is 1.78. The normalized spacial score (nSPS) is 10.8. The lowest BCUT2D eigenvalue weighted by Crippen LogP contribution is -1.96. The highest BCUT2D eigenvalue weighted by Crippen LogP contribution is 2.27. The van der Waals surface area contributed by atoms with Gasteiger partial charge in [-0.2, -0.15) is 0 Å². The molecular formula is C14H14FN. The fourth-order valence-corrected chi connectivity index (χ4v) is 1.78. The molecule has 0 N–H and O–H groups in total. The van der Waals surface area contributed by atoms with Gasteiger partial charge in [-0.25, -0.2) is 4.39 Å². The summed E-state index contributed by atoms with van der Waals surface area (Å²) in [6, 6.07) is 10.5. The molecule has 0 aliphatic rings. The Labute approximate surface area is 95.0 Å². The number of nitrogens with zero attached hydrogens (tertiary/aromatic N) is 1. The lowest BCUT2D eigenvalue weighted by molar-refractivity contribution is 0.628. The molecule has 0 aliphatic carbocycles. The van der Waals surface area contributed by atoms with Crippen LogP contribution in [0.2, 0.25) is 0 Å². The van der Waals surface area contributed by atoms with E-state index in [0.717, 1.165) is 16.8 Å². The Balaban J connectivity index is 2.55. The molecule has 0 saturated heterocycles. The van der Waals surface area contributed by atoms with Crippen molar-refractivity contribution in [3.8, 4) is 11.1 Å². The second kappa shape index (κ2) is 4.44. The van der Waals surface area contributed by atoms with Crippen LogP contribution in [0.15, 0.2) is 42.6 Å². The minimum absolute atomic E-state index is 0.212. The molecular weight excluding hydrogens is 201 g/mol. The highest BCUT2D eigenvalue weighted by molar-refractivity contribution is 5.66. The van der Waals surface area contributed by atoms with Gasteiger partial charge in [0.1, 0.15) is 5.82 Å². The van der Waals surface area contributed by atoms with Crippen molar-refractivity contribution in [3.05, 3.63) is 54.1 Å². The molecule has 0 amide bonds. The number of hydrogen-bond donors (Lipinski definition) is 0. The SMILES string of the molecule is CC(C)c1ncccc1-c1cccc(F)c1. The van der Waals surface area contributed by atoms with E-state index in [1.165, 1.54) is 6.07 Å². The van der Waals surface area contributed by atoms with Crippen LogP contribution in [0.4, 0.5) is 4.39 Å². The molecule has 16 heavy (non-hydrogen) atoms. The summed E-state index contributed by atoms with van der Waals surface area (Å²) in [4.78, 5) is 4.36. The molecule has 0 saturated carbocycles. The monoisotopic (exact) mass is 215 g/mol. The van der Waals surface area contributed by atoms with Crippen LogP contribution in [0.3, 0.4) is 0 Å². The van der Waals surface area contributed by atoms with Crippen molar-refractivity contribution in [1.29, 1.82) is 0 Å². The van der Waals surface area contributed by atoms with Crippen LogP contribution >= 0.6 is 0 Å².